The first-order valence-corrected chi connectivity index (χ1v) is 10.6. The van der Waals surface area contributed by atoms with E-state index in [0.717, 1.165) is 24.2 Å². The molecule has 0 saturated carbocycles. The molecule has 7 heteroatoms. The van der Waals surface area contributed by atoms with Gasteiger partial charge < -0.3 is 5.32 Å². The van der Waals surface area contributed by atoms with Crippen LogP contribution in [0.1, 0.15) is 39.5 Å². The zero-order valence-electron chi connectivity index (χ0n) is 15.9. The van der Waals surface area contributed by atoms with Gasteiger partial charge in [0.2, 0.25) is 5.91 Å². The normalized spacial score (nSPS) is 12.0. The Bertz CT molecular complexity index is 745. The van der Waals surface area contributed by atoms with Crippen molar-refractivity contribution in [1.82, 2.24) is 20.1 Å². The second-order valence-corrected chi connectivity index (χ2v) is 7.84. The third-order valence-corrected chi connectivity index (χ3v) is 5.33. The monoisotopic (exact) mass is 406 g/mol. The third-order valence-electron chi connectivity index (χ3n) is 4.11. The lowest BCUT2D eigenvalue weighted by molar-refractivity contribution is -0.119. The highest BCUT2D eigenvalue weighted by atomic mass is 35.5. The van der Waals surface area contributed by atoms with Crippen LogP contribution in [0.15, 0.2) is 42.1 Å². The van der Waals surface area contributed by atoms with E-state index >= 15 is 0 Å². The number of carbonyl (C=O) groups excluding carboxylic acids is 1. The molecule has 0 bridgehead atoms. The molecule has 2 rings (SSSR count). The molecule has 0 unspecified atom stereocenters. The molecule has 5 nitrogen and oxygen atoms in total. The number of allylic oxidation sites excluding steroid dienone is 1. The second-order valence-electron chi connectivity index (χ2n) is 6.47. The number of benzene rings is 1. The number of hydrogen-bond acceptors (Lipinski definition) is 4. The third kappa shape index (κ3) is 6.70. The molecule has 27 heavy (non-hydrogen) atoms. The number of carbonyl (C=O) groups is 1. The highest BCUT2D eigenvalue weighted by molar-refractivity contribution is 7.99. The molecule has 0 saturated heterocycles. The van der Waals surface area contributed by atoms with Crippen molar-refractivity contribution < 1.29 is 4.79 Å². The smallest absolute Gasteiger partial charge is 0.230 e. The number of aromatic nitrogens is 3. The van der Waals surface area contributed by atoms with Crippen molar-refractivity contribution in [3.05, 3.63) is 41.9 Å². The van der Waals surface area contributed by atoms with Gasteiger partial charge in [-0.25, -0.2) is 0 Å². The minimum atomic E-state index is 0.0187. The Morgan fingerprint density at radius 2 is 2.07 bits per heavy atom. The van der Waals surface area contributed by atoms with Crippen LogP contribution < -0.4 is 5.32 Å². The first-order valence-electron chi connectivity index (χ1n) is 9.27. The van der Waals surface area contributed by atoms with E-state index in [9.17, 15) is 4.79 Å². The van der Waals surface area contributed by atoms with Crippen LogP contribution in [-0.2, 0) is 11.3 Å². The summed E-state index contributed by atoms with van der Waals surface area (Å²) < 4.78 is 1.96. The number of rotatable bonds is 11. The van der Waals surface area contributed by atoms with E-state index in [4.69, 9.17) is 11.6 Å². The van der Waals surface area contributed by atoms with E-state index < -0.39 is 0 Å². The SMILES string of the molecule is C=CCn1c(SCC(=O)N[C@H](C)CCCCC)nnc1-c1ccc(Cl)cc1. The predicted molar refractivity (Wildman–Crippen MR) is 113 cm³/mol. The summed E-state index contributed by atoms with van der Waals surface area (Å²) in [6.45, 7) is 8.61. The van der Waals surface area contributed by atoms with Gasteiger partial charge in [-0.15, -0.1) is 16.8 Å². The van der Waals surface area contributed by atoms with Gasteiger partial charge in [0.25, 0.3) is 0 Å². The Labute approximate surface area is 170 Å². The summed E-state index contributed by atoms with van der Waals surface area (Å²) in [5.74, 6) is 1.07. The van der Waals surface area contributed by atoms with Crippen molar-refractivity contribution in [2.24, 2.45) is 0 Å². The van der Waals surface area contributed by atoms with Gasteiger partial charge in [-0.1, -0.05) is 55.6 Å². The Hall–Kier alpha value is -1.79. The fourth-order valence-electron chi connectivity index (χ4n) is 2.72. The molecular formula is C20H27ClN4OS. The molecule has 1 aromatic heterocycles. The van der Waals surface area contributed by atoms with Crippen LogP contribution in [0.4, 0.5) is 0 Å². The molecule has 146 valence electrons. The van der Waals surface area contributed by atoms with Crippen LogP contribution in [0, 0.1) is 0 Å². The van der Waals surface area contributed by atoms with Gasteiger partial charge in [0.05, 0.1) is 5.75 Å². The van der Waals surface area contributed by atoms with E-state index in [0.29, 0.717) is 22.5 Å². The highest BCUT2D eigenvalue weighted by Gasteiger charge is 2.15. The van der Waals surface area contributed by atoms with Crippen LogP contribution in [0.3, 0.4) is 0 Å². The van der Waals surface area contributed by atoms with Crippen molar-refractivity contribution in [3.8, 4) is 11.4 Å². The summed E-state index contributed by atoms with van der Waals surface area (Å²) in [5, 5.41) is 13.0. The first-order chi connectivity index (χ1) is 13.0. The molecule has 1 atom stereocenters. The van der Waals surface area contributed by atoms with Crippen LogP contribution >= 0.6 is 23.4 Å². The van der Waals surface area contributed by atoms with Crippen molar-refractivity contribution in [2.75, 3.05) is 5.75 Å². The van der Waals surface area contributed by atoms with E-state index in [-0.39, 0.29) is 11.9 Å². The number of unbranched alkanes of at least 4 members (excludes halogenated alkanes) is 2. The lowest BCUT2D eigenvalue weighted by Crippen LogP contribution is -2.33. The van der Waals surface area contributed by atoms with Crippen LogP contribution in [0.2, 0.25) is 5.02 Å². The van der Waals surface area contributed by atoms with Crippen molar-refractivity contribution in [2.45, 2.75) is 57.3 Å². The van der Waals surface area contributed by atoms with Gasteiger partial charge in [0.1, 0.15) is 0 Å². The largest absolute Gasteiger partial charge is 0.353 e. The van der Waals surface area contributed by atoms with E-state index in [1.54, 1.807) is 6.08 Å². The number of thioether (sulfide) groups is 1. The molecule has 2 aromatic rings. The maximum atomic E-state index is 12.2. The lowest BCUT2D eigenvalue weighted by Gasteiger charge is -2.13. The molecule has 1 heterocycles. The van der Waals surface area contributed by atoms with Gasteiger partial charge in [0, 0.05) is 23.2 Å². The fraction of sp³-hybridized carbons (Fsp3) is 0.450. The Morgan fingerprint density at radius 3 is 2.74 bits per heavy atom. The Morgan fingerprint density at radius 1 is 1.33 bits per heavy atom. The quantitative estimate of drug-likeness (QED) is 0.325. The Balaban J connectivity index is 1.99. The molecule has 0 fully saturated rings. The summed E-state index contributed by atoms with van der Waals surface area (Å²) in [4.78, 5) is 12.2. The molecule has 0 aliphatic carbocycles. The van der Waals surface area contributed by atoms with Gasteiger partial charge in [0.15, 0.2) is 11.0 Å². The van der Waals surface area contributed by atoms with Gasteiger partial charge in [-0.3, -0.25) is 9.36 Å². The topological polar surface area (TPSA) is 59.8 Å². The number of nitrogens with zero attached hydrogens (tertiary/aromatic N) is 3. The molecule has 1 N–H and O–H groups in total. The minimum absolute atomic E-state index is 0.0187. The standard InChI is InChI=1S/C20H27ClN4OS/c1-4-6-7-8-15(3)22-18(26)14-27-20-24-23-19(25(20)13-5-2)16-9-11-17(21)12-10-16/h5,9-12,15H,2,4,6-8,13-14H2,1,3H3,(H,22,26)/t15-/m1/s1. The summed E-state index contributed by atoms with van der Waals surface area (Å²) in [6, 6.07) is 7.66. The average Bonchev–Trinajstić information content (AvgIpc) is 3.04. The van der Waals surface area contributed by atoms with Gasteiger partial charge in [-0.05, 0) is 37.6 Å². The number of halogens is 1. The second kappa shape index (κ2) is 11.1. The zero-order chi connectivity index (χ0) is 19.6. The van der Waals surface area contributed by atoms with E-state index in [1.165, 1.54) is 24.6 Å². The average molecular weight is 407 g/mol. The number of amides is 1. The van der Waals surface area contributed by atoms with E-state index in [2.05, 4.69) is 35.9 Å². The van der Waals surface area contributed by atoms with Crippen molar-refractivity contribution in [1.29, 1.82) is 0 Å². The Kier molecular flexibility index (Phi) is 8.88. The van der Waals surface area contributed by atoms with Crippen molar-refractivity contribution >= 4 is 29.3 Å². The zero-order valence-corrected chi connectivity index (χ0v) is 17.5. The van der Waals surface area contributed by atoms with E-state index in [1.807, 2.05) is 28.8 Å². The molecule has 0 aliphatic rings. The maximum Gasteiger partial charge on any atom is 0.230 e. The summed E-state index contributed by atoms with van der Waals surface area (Å²) >= 11 is 7.35. The summed E-state index contributed by atoms with van der Waals surface area (Å²) in [7, 11) is 0. The lowest BCUT2D eigenvalue weighted by atomic mass is 10.1. The summed E-state index contributed by atoms with van der Waals surface area (Å²) in [5.41, 5.74) is 0.926. The fourth-order valence-corrected chi connectivity index (χ4v) is 3.61. The molecule has 1 aromatic carbocycles. The summed E-state index contributed by atoms with van der Waals surface area (Å²) in [6.07, 6.45) is 6.34. The molecule has 0 aliphatic heterocycles. The number of nitrogens with one attached hydrogen (secondary N) is 1. The highest BCUT2D eigenvalue weighted by Crippen LogP contribution is 2.25. The molecular weight excluding hydrogens is 380 g/mol. The van der Waals surface area contributed by atoms with Crippen LogP contribution in [0.5, 0.6) is 0 Å². The molecule has 0 radical (unpaired) electrons. The minimum Gasteiger partial charge on any atom is -0.353 e. The molecule has 1 amide bonds. The van der Waals surface area contributed by atoms with Crippen molar-refractivity contribution in [3.63, 3.8) is 0 Å². The van der Waals surface area contributed by atoms with Crippen LogP contribution in [0.25, 0.3) is 11.4 Å². The first kappa shape index (κ1) is 21.5. The van der Waals surface area contributed by atoms with Crippen LogP contribution in [-0.4, -0.2) is 32.5 Å². The maximum absolute atomic E-state index is 12.2. The van der Waals surface area contributed by atoms with Gasteiger partial charge >= 0.3 is 0 Å². The predicted octanol–water partition coefficient (Wildman–Crippen LogP) is 4.96. The number of hydrogen-bond donors (Lipinski definition) is 1. The van der Waals surface area contributed by atoms with Gasteiger partial charge in [-0.2, -0.15) is 0 Å². The molecule has 0 spiro atoms.